The summed E-state index contributed by atoms with van der Waals surface area (Å²) in [6.45, 7) is 1.02. The first kappa shape index (κ1) is 29.8. The monoisotopic (exact) mass is 612 g/mol. The fourth-order valence-electron chi connectivity index (χ4n) is 2.94. The molecule has 1 aliphatic heterocycles. The van der Waals surface area contributed by atoms with Crippen LogP contribution in [0, 0.1) is 0 Å². The minimum atomic E-state index is -5.11. The molecule has 0 spiro atoms. The lowest BCUT2D eigenvalue weighted by molar-refractivity contribution is -0.161. The van der Waals surface area contributed by atoms with E-state index < -0.39 is 75.0 Å². The summed E-state index contributed by atoms with van der Waals surface area (Å²) in [6, 6.07) is -3.09. The Hall–Kier alpha value is -3.77. The molecule has 0 aliphatic carbocycles. The molecule has 0 radical (unpaired) electrons. The van der Waals surface area contributed by atoms with Gasteiger partial charge in [-0.1, -0.05) is 5.16 Å². The molecule has 2 atom stereocenters. The summed E-state index contributed by atoms with van der Waals surface area (Å²) >= 11 is 0.906. The lowest BCUT2D eigenvalue weighted by atomic mass is 9.98. The molecule has 0 aromatic carbocycles. The molecule has 0 bridgehead atoms. The predicted molar refractivity (Wildman–Crippen MR) is 126 cm³/mol. The Morgan fingerprint density at radius 3 is 2.49 bits per heavy atom. The third-order valence-electron chi connectivity index (χ3n) is 4.85. The highest BCUT2D eigenvalue weighted by Gasteiger charge is 2.54. The van der Waals surface area contributed by atoms with E-state index in [1.165, 1.54) is 5.38 Å². The van der Waals surface area contributed by atoms with Crippen LogP contribution in [-0.2, 0) is 57.3 Å². The molecule has 2 aromatic heterocycles. The van der Waals surface area contributed by atoms with Gasteiger partial charge in [-0.15, -0.1) is 11.3 Å². The maximum atomic E-state index is 13.1. The third kappa shape index (κ3) is 7.21. The van der Waals surface area contributed by atoms with E-state index in [2.05, 4.69) is 29.8 Å². The number of hydrogen-bond donors (Lipinski definition) is 5. The Morgan fingerprint density at radius 2 is 1.95 bits per heavy atom. The second-order valence-corrected chi connectivity index (χ2v) is 11.4. The minimum absolute atomic E-state index is 0.0108. The number of carboxylic acid groups (broad SMARTS) is 1. The Morgan fingerprint density at radius 1 is 1.28 bits per heavy atom. The van der Waals surface area contributed by atoms with Gasteiger partial charge < -0.3 is 21.0 Å². The van der Waals surface area contributed by atoms with Crippen molar-refractivity contribution < 1.29 is 54.5 Å². The summed E-state index contributed by atoms with van der Waals surface area (Å²) < 4.78 is 67.3. The van der Waals surface area contributed by atoms with E-state index in [0.29, 0.717) is 0 Å². The highest BCUT2D eigenvalue weighted by Crippen LogP contribution is 2.25. The van der Waals surface area contributed by atoms with Crippen molar-refractivity contribution >= 4 is 60.7 Å². The van der Waals surface area contributed by atoms with E-state index in [1.807, 2.05) is 0 Å². The number of anilines is 1. The third-order valence-corrected chi connectivity index (χ3v) is 6.89. The van der Waals surface area contributed by atoms with Gasteiger partial charge in [-0.3, -0.25) is 18.7 Å². The molecule has 23 heteroatoms. The lowest BCUT2D eigenvalue weighted by Gasteiger charge is -2.43. The minimum Gasteiger partial charge on any atom is -0.478 e. The lowest BCUT2D eigenvalue weighted by Crippen LogP contribution is -2.73. The van der Waals surface area contributed by atoms with Crippen LogP contribution in [-0.4, -0.2) is 96.5 Å². The molecule has 0 saturated carbocycles. The maximum Gasteiger partial charge on any atom is 0.397 e. The van der Waals surface area contributed by atoms with Crippen LogP contribution in [0.2, 0.25) is 0 Å². The van der Waals surface area contributed by atoms with Crippen LogP contribution in [0.1, 0.15) is 25.2 Å². The van der Waals surface area contributed by atoms with Crippen molar-refractivity contribution in [3.63, 3.8) is 0 Å². The Balaban J connectivity index is 1.85. The number of carbonyl (C=O) groups is 3. The number of thiazole rings is 1. The van der Waals surface area contributed by atoms with Crippen molar-refractivity contribution in [3.8, 4) is 0 Å². The Bertz CT molecular complexity index is 1530. The molecule has 20 nitrogen and oxygen atoms in total. The average Bonchev–Trinajstić information content (AvgIpc) is 3.43. The normalized spacial score (nSPS) is 18.5. The number of carboxylic acids is 1. The summed E-state index contributed by atoms with van der Waals surface area (Å²) in [7, 11) is -9.90. The predicted octanol–water partition coefficient (Wildman–Crippen LogP) is -2.58. The van der Waals surface area contributed by atoms with Crippen LogP contribution in [0.3, 0.4) is 0 Å². The van der Waals surface area contributed by atoms with Gasteiger partial charge in [0.1, 0.15) is 30.1 Å². The van der Waals surface area contributed by atoms with E-state index in [9.17, 15) is 40.9 Å². The van der Waals surface area contributed by atoms with Gasteiger partial charge >= 0.3 is 26.7 Å². The number of nitrogen functional groups attached to an aromatic ring is 1. The van der Waals surface area contributed by atoms with E-state index in [-0.39, 0.29) is 20.8 Å². The van der Waals surface area contributed by atoms with Gasteiger partial charge in [0.2, 0.25) is 5.60 Å². The van der Waals surface area contributed by atoms with Crippen LogP contribution in [0.15, 0.2) is 16.7 Å². The number of nitrogens with one attached hydrogen (secondary N) is 1. The van der Waals surface area contributed by atoms with E-state index in [4.69, 9.17) is 15.1 Å². The van der Waals surface area contributed by atoms with Crippen molar-refractivity contribution in [1.82, 2.24) is 29.6 Å². The zero-order valence-corrected chi connectivity index (χ0v) is 22.2. The first-order valence-corrected chi connectivity index (χ1v) is 13.9. The zero-order valence-electron chi connectivity index (χ0n) is 19.7. The molecule has 6 N–H and O–H groups in total. The first-order valence-electron chi connectivity index (χ1n) is 10.2. The van der Waals surface area contributed by atoms with Crippen molar-refractivity contribution in [2.24, 2.45) is 5.16 Å². The van der Waals surface area contributed by atoms with Crippen molar-refractivity contribution in [2.75, 3.05) is 5.73 Å². The standard InChI is InChI=1S/C16H20N8O12S3/c1-16(2,14(27)28)36-22-10(8-6-37-15(17)19-8)12(25)20-11-9(24(13(11)26)38(29,30)31)4-23-18-3-7(21-23)5-35-39(32,33)34/h3,6,9,11H,4-5H2,1-2H3,(H2,17,19)(H,20,25)(H,27,28)(H,29,30,31)(H,32,33,34)/t9-,11-/m0/s1. The van der Waals surface area contributed by atoms with E-state index in [1.54, 1.807) is 0 Å². The molecule has 1 aliphatic rings. The maximum absolute atomic E-state index is 13.1. The molecule has 2 amide bonds. The average molecular weight is 613 g/mol. The second-order valence-electron chi connectivity index (χ2n) is 8.13. The molecule has 1 saturated heterocycles. The Kier molecular flexibility index (Phi) is 8.23. The molecule has 3 rings (SSSR count). The van der Waals surface area contributed by atoms with Crippen LogP contribution in [0.5, 0.6) is 0 Å². The number of nitrogens with two attached hydrogens (primary N) is 1. The molecule has 214 valence electrons. The number of carbonyl (C=O) groups excluding carboxylic acids is 2. The molecule has 3 heterocycles. The van der Waals surface area contributed by atoms with Crippen LogP contribution in [0.4, 0.5) is 5.13 Å². The van der Waals surface area contributed by atoms with Crippen LogP contribution >= 0.6 is 11.3 Å². The number of rotatable bonds is 12. The molecular formula is C16H20N8O12S3. The van der Waals surface area contributed by atoms with Crippen LogP contribution in [0.25, 0.3) is 0 Å². The highest BCUT2D eigenvalue weighted by molar-refractivity contribution is 7.84. The van der Waals surface area contributed by atoms with Gasteiger partial charge in [0.15, 0.2) is 10.8 Å². The number of aromatic nitrogens is 4. The topological polar surface area (TPSA) is 296 Å². The van der Waals surface area contributed by atoms with E-state index >= 15 is 0 Å². The van der Waals surface area contributed by atoms with Gasteiger partial charge in [-0.05, 0) is 13.8 Å². The second kappa shape index (κ2) is 10.8. The number of hydrogen-bond acceptors (Lipinski definition) is 15. The van der Waals surface area contributed by atoms with Gasteiger partial charge in [0.05, 0.1) is 12.7 Å². The molecule has 0 unspecified atom stereocenters. The van der Waals surface area contributed by atoms with Gasteiger partial charge in [-0.25, -0.2) is 18.3 Å². The molecule has 2 aromatic rings. The smallest absolute Gasteiger partial charge is 0.397 e. The summed E-state index contributed by atoms with van der Waals surface area (Å²) in [5.74, 6) is -3.81. The zero-order chi connectivity index (χ0) is 29.3. The van der Waals surface area contributed by atoms with Gasteiger partial charge in [0, 0.05) is 5.38 Å². The van der Waals surface area contributed by atoms with E-state index in [0.717, 1.165) is 36.2 Å². The largest absolute Gasteiger partial charge is 0.478 e. The molecule has 1 fully saturated rings. The number of amides is 2. The first-order chi connectivity index (χ1) is 17.9. The SMILES string of the molecule is CC(C)(ON=C(C(=O)N[C@@H]1C(=O)N(S(=O)(=O)O)[C@H]1Cn1ncc(COS(=O)(=O)O)n1)c1csc(N)n1)C(=O)O. The fraction of sp³-hybridized carbons (Fsp3) is 0.438. The van der Waals surface area contributed by atoms with Crippen molar-refractivity contribution in [1.29, 1.82) is 0 Å². The Labute approximate surface area is 223 Å². The highest BCUT2D eigenvalue weighted by atomic mass is 32.3. The van der Waals surface area contributed by atoms with Crippen molar-refractivity contribution in [2.45, 2.75) is 44.7 Å². The summed E-state index contributed by atoms with van der Waals surface area (Å²) in [6.07, 6.45) is 1.01. The fourth-order valence-corrected chi connectivity index (χ4v) is 4.63. The number of β-lactam (4-membered cyclic amide) rings is 1. The summed E-state index contributed by atoms with van der Waals surface area (Å²) in [5, 5.41) is 23.9. The molecular weight excluding hydrogens is 592 g/mol. The number of aliphatic carboxylic acids is 1. The van der Waals surface area contributed by atoms with Crippen molar-refractivity contribution in [3.05, 3.63) is 23.0 Å². The number of nitrogens with zero attached hydrogens (tertiary/aromatic N) is 6. The summed E-state index contributed by atoms with van der Waals surface area (Å²) in [4.78, 5) is 46.6. The molecule has 39 heavy (non-hydrogen) atoms. The van der Waals surface area contributed by atoms with Crippen LogP contribution < -0.4 is 11.1 Å². The quantitative estimate of drug-likeness (QED) is 0.0711. The summed E-state index contributed by atoms with van der Waals surface area (Å²) in [5.41, 5.74) is 2.83. The number of oxime groups is 1. The van der Waals surface area contributed by atoms with Gasteiger partial charge in [-0.2, -0.15) is 31.8 Å². The van der Waals surface area contributed by atoms with Gasteiger partial charge in [0.25, 0.3) is 11.8 Å².